The second-order valence-electron chi connectivity index (χ2n) is 6.48. The first-order chi connectivity index (χ1) is 12.0. The highest BCUT2D eigenvalue weighted by Gasteiger charge is 2.18. The SMILES string of the molecule is Cc1cc([C@@H](C)N)c2nc(-c3coc4ccccc34)n(C)c(=O)c2c1. The van der Waals surface area contributed by atoms with Crippen molar-refractivity contribution in [3.05, 3.63) is 64.1 Å². The molecule has 0 bridgehead atoms. The minimum atomic E-state index is -0.212. The van der Waals surface area contributed by atoms with E-state index in [0.29, 0.717) is 16.7 Å². The standard InChI is InChI=1S/C20H19N3O2/c1-11-8-14(12(2)21)18-15(9-11)20(24)23(3)19(22-18)16-10-25-17-7-5-4-6-13(16)17/h4-10,12H,21H2,1-3H3/t12-/m1/s1. The van der Waals surface area contributed by atoms with Crippen LogP contribution < -0.4 is 11.3 Å². The molecule has 0 radical (unpaired) electrons. The van der Waals surface area contributed by atoms with Crippen LogP contribution in [0.25, 0.3) is 33.3 Å². The van der Waals surface area contributed by atoms with Crippen molar-refractivity contribution in [1.82, 2.24) is 9.55 Å². The highest BCUT2D eigenvalue weighted by Crippen LogP contribution is 2.30. The lowest BCUT2D eigenvalue weighted by Crippen LogP contribution is -2.21. The zero-order valence-corrected chi connectivity index (χ0v) is 14.4. The maximum atomic E-state index is 13.0. The first kappa shape index (κ1) is 15.6. The molecule has 2 aromatic heterocycles. The smallest absolute Gasteiger partial charge is 0.261 e. The number of aryl methyl sites for hydroxylation is 1. The normalized spacial score (nSPS) is 12.8. The van der Waals surface area contributed by atoms with Crippen LogP contribution >= 0.6 is 0 Å². The molecule has 0 fully saturated rings. The Labute approximate surface area is 144 Å². The van der Waals surface area contributed by atoms with E-state index in [0.717, 1.165) is 27.7 Å². The molecule has 0 aliphatic heterocycles. The van der Waals surface area contributed by atoms with E-state index in [1.807, 2.05) is 50.2 Å². The highest BCUT2D eigenvalue weighted by atomic mass is 16.3. The van der Waals surface area contributed by atoms with Crippen LogP contribution in [-0.2, 0) is 7.05 Å². The number of nitrogens with zero attached hydrogens (tertiary/aromatic N) is 2. The van der Waals surface area contributed by atoms with Crippen molar-refractivity contribution in [2.45, 2.75) is 19.9 Å². The van der Waals surface area contributed by atoms with Crippen LogP contribution in [-0.4, -0.2) is 9.55 Å². The Morgan fingerprint density at radius 1 is 1.20 bits per heavy atom. The number of nitrogens with two attached hydrogens (primary N) is 1. The van der Waals surface area contributed by atoms with Gasteiger partial charge in [-0.15, -0.1) is 0 Å². The van der Waals surface area contributed by atoms with Crippen molar-refractivity contribution in [2.24, 2.45) is 12.8 Å². The zero-order valence-electron chi connectivity index (χ0n) is 14.4. The van der Waals surface area contributed by atoms with Gasteiger partial charge in [0.1, 0.15) is 17.7 Å². The Morgan fingerprint density at radius 3 is 2.72 bits per heavy atom. The first-order valence-corrected chi connectivity index (χ1v) is 8.21. The zero-order chi connectivity index (χ0) is 17.7. The van der Waals surface area contributed by atoms with Crippen LogP contribution in [0.15, 0.2) is 51.9 Å². The molecule has 0 aliphatic rings. The molecule has 0 amide bonds. The third-order valence-corrected chi connectivity index (χ3v) is 4.57. The summed E-state index contributed by atoms with van der Waals surface area (Å²) in [7, 11) is 1.74. The Morgan fingerprint density at radius 2 is 1.96 bits per heavy atom. The number of para-hydroxylation sites is 1. The van der Waals surface area contributed by atoms with Crippen molar-refractivity contribution < 1.29 is 4.42 Å². The minimum Gasteiger partial charge on any atom is -0.464 e. The molecule has 0 spiro atoms. The van der Waals surface area contributed by atoms with Crippen LogP contribution in [0.2, 0.25) is 0 Å². The number of hydrogen-bond acceptors (Lipinski definition) is 4. The molecule has 0 saturated carbocycles. The van der Waals surface area contributed by atoms with Gasteiger partial charge in [0.15, 0.2) is 0 Å². The molecule has 1 atom stereocenters. The summed E-state index contributed by atoms with van der Waals surface area (Å²) in [5.74, 6) is 0.577. The lowest BCUT2D eigenvalue weighted by Gasteiger charge is -2.14. The summed E-state index contributed by atoms with van der Waals surface area (Å²) >= 11 is 0. The largest absolute Gasteiger partial charge is 0.464 e. The third-order valence-electron chi connectivity index (χ3n) is 4.57. The fourth-order valence-electron chi connectivity index (χ4n) is 3.29. The topological polar surface area (TPSA) is 74.0 Å². The van der Waals surface area contributed by atoms with Gasteiger partial charge >= 0.3 is 0 Å². The lowest BCUT2D eigenvalue weighted by atomic mass is 10.0. The van der Waals surface area contributed by atoms with E-state index in [1.165, 1.54) is 0 Å². The Kier molecular flexibility index (Phi) is 3.47. The number of rotatable bonds is 2. The van der Waals surface area contributed by atoms with Gasteiger partial charge in [-0.1, -0.05) is 24.3 Å². The molecule has 25 heavy (non-hydrogen) atoms. The van der Waals surface area contributed by atoms with Crippen molar-refractivity contribution >= 4 is 21.9 Å². The van der Waals surface area contributed by atoms with Gasteiger partial charge in [-0.2, -0.15) is 0 Å². The van der Waals surface area contributed by atoms with Crippen molar-refractivity contribution in [2.75, 3.05) is 0 Å². The molecule has 126 valence electrons. The second kappa shape index (κ2) is 5.57. The van der Waals surface area contributed by atoms with E-state index in [2.05, 4.69) is 0 Å². The summed E-state index contributed by atoms with van der Waals surface area (Å²) in [6.45, 7) is 3.86. The molecular weight excluding hydrogens is 314 g/mol. The van der Waals surface area contributed by atoms with Gasteiger partial charge in [0, 0.05) is 18.5 Å². The van der Waals surface area contributed by atoms with Crippen LogP contribution in [0.5, 0.6) is 0 Å². The van der Waals surface area contributed by atoms with Gasteiger partial charge < -0.3 is 10.2 Å². The van der Waals surface area contributed by atoms with E-state index in [9.17, 15) is 4.79 Å². The summed E-state index contributed by atoms with van der Waals surface area (Å²) in [6.07, 6.45) is 1.65. The van der Waals surface area contributed by atoms with E-state index in [4.69, 9.17) is 15.1 Å². The van der Waals surface area contributed by atoms with Crippen LogP contribution in [0.1, 0.15) is 24.1 Å². The lowest BCUT2D eigenvalue weighted by molar-refractivity contribution is 0.616. The number of furan rings is 1. The molecule has 4 rings (SSSR count). The number of hydrogen-bond donors (Lipinski definition) is 1. The van der Waals surface area contributed by atoms with Crippen molar-refractivity contribution in [3.63, 3.8) is 0 Å². The third kappa shape index (κ3) is 2.36. The van der Waals surface area contributed by atoms with Gasteiger partial charge in [-0.3, -0.25) is 9.36 Å². The molecule has 0 saturated heterocycles. The number of aromatic nitrogens is 2. The van der Waals surface area contributed by atoms with E-state index in [-0.39, 0.29) is 11.6 Å². The van der Waals surface area contributed by atoms with E-state index in [1.54, 1.807) is 17.9 Å². The molecule has 0 aliphatic carbocycles. The summed E-state index contributed by atoms with van der Waals surface area (Å²) in [6, 6.07) is 11.4. The average molecular weight is 333 g/mol. The molecule has 2 heterocycles. The monoisotopic (exact) mass is 333 g/mol. The highest BCUT2D eigenvalue weighted by molar-refractivity contribution is 5.93. The van der Waals surface area contributed by atoms with Gasteiger partial charge in [-0.05, 0) is 37.1 Å². The molecule has 5 heteroatoms. The predicted molar refractivity (Wildman–Crippen MR) is 99.5 cm³/mol. The number of fused-ring (bicyclic) bond motifs is 2. The van der Waals surface area contributed by atoms with E-state index < -0.39 is 0 Å². The van der Waals surface area contributed by atoms with Crippen molar-refractivity contribution in [3.8, 4) is 11.4 Å². The predicted octanol–water partition coefficient (Wildman–Crippen LogP) is 3.67. The summed E-state index contributed by atoms with van der Waals surface area (Å²) in [4.78, 5) is 17.8. The van der Waals surface area contributed by atoms with Gasteiger partial charge in [0.25, 0.3) is 5.56 Å². The molecule has 0 unspecified atom stereocenters. The molecular formula is C20H19N3O2. The number of benzene rings is 2. The van der Waals surface area contributed by atoms with Crippen LogP contribution in [0, 0.1) is 6.92 Å². The van der Waals surface area contributed by atoms with Crippen molar-refractivity contribution in [1.29, 1.82) is 0 Å². The Bertz CT molecular complexity index is 1170. The quantitative estimate of drug-likeness (QED) is 0.607. The summed E-state index contributed by atoms with van der Waals surface area (Å²) in [5, 5.41) is 1.52. The maximum absolute atomic E-state index is 13.0. The van der Waals surface area contributed by atoms with Crippen LogP contribution in [0.4, 0.5) is 0 Å². The fourth-order valence-corrected chi connectivity index (χ4v) is 3.29. The maximum Gasteiger partial charge on any atom is 0.261 e. The molecule has 2 N–H and O–H groups in total. The van der Waals surface area contributed by atoms with Gasteiger partial charge in [0.2, 0.25) is 0 Å². The first-order valence-electron chi connectivity index (χ1n) is 8.21. The average Bonchev–Trinajstić information content (AvgIpc) is 3.01. The van der Waals surface area contributed by atoms with Crippen LogP contribution in [0.3, 0.4) is 0 Å². The Hall–Kier alpha value is -2.92. The second-order valence-corrected chi connectivity index (χ2v) is 6.48. The molecule has 2 aromatic carbocycles. The van der Waals surface area contributed by atoms with E-state index >= 15 is 0 Å². The molecule has 4 aromatic rings. The summed E-state index contributed by atoms with van der Waals surface area (Å²) in [5.41, 5.74) is 10.1. The fraction of sp³-hybridized carbons (Fsp3) is 0.200. The Balaban J connectivity index is 2.12. The molecule has 5 nitrogen and oxygen atoms in total. The summed E-state index contributed by atoms with van der Waals surface area (Å²) < 4.78 is 7.20. The van der Waals surface area contributed by atoms with Gasteiger partial charge in [-0.25, -0.2) is 4.98 Å². The van der Waals surface area contributed by atoms with Gasteiger partial charge in [0.05, 0.1) is 16.5 Å². The minimum absolute atomic E-state index is 0.0871.